The van der Waals surface area contributed by atoms with Crippen LogP contribution in [0.25, 0.3) is 0 Å². The summed E-state index contributed by atoms with van der Waals surface area (Å²) in [6, 6.07) is 0. The molecule has 0 radical (unpaired) electrons. The summed E-state index contributed by atoms with van der Waals surface area (Å²) in [5, 5.41) is 3.30. The highest BCUT2D eigenvalue weighted by molar-refractivity contribution is 7.99. The van der Waals surface area contributed by atoms with Crippen LogP contribution in [0, 0.1) is 0 Å². The van der Waals surface area contributed by atoms with Gasteiger partial charge in [0, 0.05) is 26.0 Å². The second-order valence-corrected chi connectivity index (χ2v) is 3.58. The standard InChI is InChI=1S/C8H19NOS/c1-3-7-11-8-5-9-4-6-10-2/h9H,3-8H2,1-2H3. The van der Waals surface area contributed by atoms with E-state index in [9.17, 15) is 0 Å². The van der Waals surface area contributed by atoms with Crippen molar-refractivity contribution in [3.8, 4) is 0 Å². The highest BCUT2D eigenvalue weighted by atomic mass is 32.2. The molecular weight excluding hydrogens is 158 g/mol. The predicted molar refractivity (Wildman–Crippen MR) is 52.4 cm³/mol. The third-order valence-corrected chi connectivity index (χ3v) is 2.44. The lowest BCUT2D eigenvalue weighted by molar-refractivity contribution is 0.200. The monoisotopic (exact) mass is 177 g/mol. The van der Waals surface area contributed by atoms with E-state index >= 15 is 0 Å². The number of methoxy groups -OCH3 is 1. The third kappa shape index (κ3) is 10.3. The smallest absolute Gasteiger partial charge is 0.0587 e. The van der Waals surface area contributed by atoms with Crippen LogP contribution in [0.5, 0.6) is 0 Å². The second-order valence-electron chi connectivity index (χ2n) is 2.36. The van der Waals surface area contributed by atoms with Gasteiger partial charge in [-0.05, 0) is 12.2 Å². The van der Waals surface area contributed by atoms with Crippen molar-refractivity contribution in [1.82, 2.24) is 5.32 Å². The largest absolute Gasteiger partial charge is 0.383 e. The summed E-state index contributed by atoms with van der Waals surface area (Å²) in [7, 11) is 1.73. The normalized spacial score (nSPS) is 10.4. The van der Waals surface area contributed by atoms with Gasteiger partial charge in [-0.1, -0.05) is 6.92 Å². The molecule has 68 valence electrons. The molecule has 1 N–H and O–H groups in total. The van der Waals surface area contributed by atoms with Crippen molar-refractivity contribution in [2.24, 2.45) is 0 Å². The lowest BCUT2D eigenvalue weighted by Gasteiger charge is -2.02. The molecule has 0 saturated carbocycles. The number of thioether (sulfide) groups is 1. The third-order valence-electron chi connectivity index (χ3n) is 1.25. The van der Waals surface area contributed by atoms with Crippen LogP contribution in [0.15, 0.2) is 0 Å². The lowest BCUT2D eigenvalue weighted by Crippen LogP contribution is -2.21. The summed E-state index contributed by atoms with van der Waals surface area (Å²) < 4.78 is 4.90. The van der Waals surface area contributed by atoms with Gasteiger partial charge in [0.25, 0.3) is 0 Å². The number of hydrogen-bond acceptors (Lipinski definition) is 3. The molecule has 11 heavy (non-hydrogen) atoms. The summed E-state index contributed by atoms with van der Waals surface area (Å²) in [5.41, 5.74) is 0. The Morgan fingerprint density at radius 1 is 1.27 bits per heavy atom. The van der Waals surface area contributed by atoms with Crippen LogP contribution < -0.4 is 5.32 Å². The highest BCUT2D eigenvalue weighted by Gasteiger charge is 1.87. The maximum Gasteiger partial charge on any atom is 0.0587 e. The molecule has 0 aliphatic heterocycles. The molecule has 0 atom stereocenters. The Bertz CT molecular complexity index is 63.1. The van der Waals surface area contributed by atoms with E-state index < -0.39 is 0 Å². The van der Waals surface area contributed by atoms with E-state index in [0.717, 1.165) is 19.7 Å². The van der Waals surface area contributed by atoms with Gasteiger partial charge in [-0.15, -0.1) is 0 Å². The van der Waals surface area contributed by atoms with Crippen LogP contribution >= 0.6 is 11.8 Å². The van der Waals surface area contributed by atoms with Crippen LogP contribution in [-0.2, 0) is 4.74 Å². The summed E-state index contributed by atoms with van der Waals surface area (Å²) in [4.78, 5) is 0. The molecule has 0 bridgehead atoms. The SMILES string of the molecule is CCCSCCNCCOC. The zero-order valence-corrected chi connectivity index (χ0v) is 8.38. The molecule has 3 heteroatoms. The number of nitrogens with one attached hydrogen (secondary N) is 1. The molecule has 0 rings (SSSR count). The maximum absolute atomic E-state index is 4.90. The first-order valence-corrected chi connectivity index (χ1v) is 5.34. The van der Waals surface area contributed by atoms with E-state index in [1.807, 2.05) is 11.8 Å². The summed E-state index contributed by atoms with van der Waals surface area (Å²) in [6.07, 6.45) is 1.28. The lowest BCUT2D eigenvalue weighted by atomic mass is 10.6. The van der Waals surface area contributed by atoms with E-state index in [4.69, 9.17) is 4.74 Å². The van der Waals surface area contributed by atoms with Crippen molar-refractivity contribution in [1.29, 1.82) is 0 Å². The van der Waals surface area contributed by atoms with Crippen LogP contribution in [0.2, 0.25) is 0 Å². The summed E-state index contributed by atoms with van der Waals surface area (Å²) >= 11 is 2.01. The Morgan fingerprint density at radius 3 is 2.73 bits per heavy atom. The van der Waals surface area contributed by atoms with Gasteiger partial charge in [0.2, 0.25) is 0 Å². The Hall–Kier alpha value is 0.270. The molecule has 0 heterocycles. The van der Waals surface area contributed by atoms with Crippen molar-refractivity contribution < 1.29 is 4.74 Å². The summed E-state index contributed by atoms with van der Waals surface area (Å²) in [6.45, 7) is 5.11. The van der Waals surface area contributed by atoms with Gasteiger partial charge >= 0.3 is 0 Å². The second kappa shape index (κ2) is 10.3. The molecule has 0 aliphatic rings. The van der Waals surface area contributed by atoms with Crippen LogP contribution in [0.4, 0.5) is 0 Å². The van der Waals surface area contributed by atoms with E-state index in [2.05, 4.69) is 12.2 Å². The molecule has 0 spiro atoms. The topological polar surface area (TPSA) is 21.3 Å². The zero-order chi connectivity index (χ0) is 8.36. The van der Waals surface area contributed by atoms with Gasteiger partial charge in [0.05, 0.1) is 6.61 Å². The minimum absolute atomic E-state index is 0.818. The minimum Gasteiger partial charge on any atom is -0.383 e. The van der Waals surface area contributed by atoms with Crippen LogP contribution in [0.1, 0.15) is 13.3 Å². The summed E-state index contributed by atoms with van der Waals surface area (Å²) in [5.74, 6) is 2.50. The van der Waals surface area contributed by atoms with Crippen LogP contribution in [0.3, 0.4) is 0 Å². The Kier molecular flexibility index (Phi) is 10.5. The number of ether oxygens (including phenoxy) is 1. The molecule has 0 aromatic heterocycles. The van der Waals surface area contributed by atoms with Crippen molar-refractivity contribution in [3.05, 3.63) is 0 Å². The zero-order valence-electron chi connectivity index (χ0n) is 7.56. The quantitative estimate of drug-likeness (QED) is 0.566. The average Bonchev–Trinajstić information content (AvgIpc) is 2.03. The maximum atomic E-state index is 4.90. The predicted octanol–water partition coefficient (Wildman–Crippen LogP) is 1.37. The van der Waals surface area contributed by atoms with Gasteiger partial charge in [0.15, 0.2) is 0 Å². The van der Waals surface area contributed by atoms with Gasteiger partial charge < -0.3 is 10.1 Å². The Labute approximate surface area is 74.1 Å². The first-order chi connectivity index (χ1) is 5.41. The molecule has 0 unspecified atom stereocenters. The number of hydrogen-bond donors (Lipinski definition) is 1. The molecule has 0 aliphatic carbocycles. The van der Waals surface area contributed by atoms with Crippen molar-refractivity contribution in [2.45, 2.75) is 13.3 Å². The van der Waals surface area contributed by atoms with E-state index in [-0.39, 0.29) is 0 Å². The van der Waals surface area contributed by atoms with Gasteiger partial charge in [-0.25, -0.2) is 0 Å². The number of rotatable bonds is 8. The van der Waals surface area contributed by atoms with E-state index in [1.54, 1.807) is 7.11 Å². The molecule has 0 aromatic rings. The van der Waals surface area contributed by atoms with Crippen molar-refractivity contribution in [2.75, 3.05) is 38.3 Å². The van der Waals surface area contributed by atoms with Gasteiger partial charge in [-0.2, -0.15) is 11.8 Å². The fourth-order valence-corrected chi connectivity index (χ4v) is 1.47. The fourth-order valence-electron chi connectivity index (χ4n) is 0.690. The Balaban J connectivity index is 2.69. The molecule has 0 fully saturated rings. The highest BCUT2D eigenvalue weighted by Crippen LogP contribution is 1.99. The average molecular weight is 177 g/mol. The molecule has 2 nitrogen and oxygen atoms in total. The minimum atomic E-state index is 0.818. The first-order valence-electron chi connectivity index (χ1n) is 4.19. The van der Waals surface area contributed by atoms with E-state index in [1.165, 1.54) is 17.9 Å². The van der Waals surface area contributed by atoms with Crippen LogP contribution in [-0.4, -0.2) is 38.3 Å². The molecule has 0 amide bonds. The molecule has 0 saturated heterocycles. The molecule has 0 aromatic carbocycles. The van der Waals surface area contributed by atoms with Crippen molar-refractivity contribution >= 4 is 11.8 Å². The fraction of sp³-hybridized carbons (Fsp3) is 1.00. The van der Waals surface area contributed by atoms with Crippen molar-refractivity contribution in [3.63, 3.8) is 0 Å². The first kappa shape index (κ1) is 11.3. The van der Waals surface area contributed by atoms with Gasteiger partial charge in [0.1, 0.15) is 0 Å². The Morgan fingerprint density at radius 2 is 2.09 bits per heavy atom. The molecular formula is C8H19NOS. The van der Waals surface area contributed by atoms with E-state index in [0.29, 0.717) is 0 Å². The van der Waals surface area contributed by atoms with Gasteiger partial charge in [-0.3, -0.25) is 0 Å².